The number of aromatic nitrogens is 1. The Morgan fingerprint density at radius 1 is 1.09 bits per heavy atom. The van der Waals surface area contributed by atoms with Gasteiger partial charge in [-0.2, -0.15) is 0 Å². The zero-order valence-corrected chi connectivity index (χ0v) is 14.9. The maximum absolute atomic E-state index is 12.1. The van der Waals surface area contributed by atoms with Crippen LogP contribution in [-0.4, -0.2) is 4.98 Å². The van der Waals surface area contributed by atoms with Crippen molar-refractivity contribution in [1.29, 1.82) is 0 Å². The molecule has 1 N–H and O–H groups in total. The Labute approximate surface area is 139 Å². The molecule has 3 rings (SSSR count). The highest BCUT2D eigenvalue weighted by molar-refractivity contribution is 5.93. The van der Waals surface area contributed by atoms with Crippen LogP contribution in [0.15, 0.2) is 59.4 Å². The lowest BCUT2D eigenvalue weighted by atomic mass is 10.0. The number of fused-ring (bicyclic) bond motifs is 3. The van der Waals surface area contributed by atoms with Gasteiger partial charge in [0.05, 0.1) is 5.69 Å². The number of pyridine rings is 1. The minimum absolute atomic E-state index is 0.0199. The predicted molar refractivity (Wildman–Crippen MR) is 103 cm³/mol. The second kappa shape index (κ2) is 8.94. The smallest absolute Gasteiger partial charge is 0.256 e. The van der Waals surface area contributed by atoms with Crippen molar-refractivity contribution in [1.82, 2.24) is 4.98 Å². The van der Waals surface area contributed by atoms with Crippen molar-refractivity contribution in [2.75, 3.05) is 0 Å². The second-order valence-electron chi connectivity index (χ2n) is 4.82. The molecule has 0 bridgehead atoms. The maximum atomic E-state index is 12.1. The van der Waals surface area contributed by atoms with Gasteiger partial charge in [-0.1, -0.05) is 76.3 Å². The van der Waals surface area contributed by atoms with Crippen LogP contribution in [0.4, 0.5) is 0 Å². The molecule has 0 radical (unpaired) electrons. The molecular weight excluding hydrogens is 282 g/mol. The summed E-state index contributed by atoms with van der Waals surface area (Å²) < 4.78 is 0. The zero-order valence-electron chi connectivity index (χ0n) is 14.9. The minimum Gasteiger partial charge on any atom is -0.321 e. The van der Waals surface area contributed by atoms with Crippen molar-refractivity contribution < 1.29 is 0 Å². The van der Waals surface area contributed by atoms with Crippen LogP contribution in [0.3, 0.4) is 0 Å². The first kappa shape index (κ1) is 18.7. The molecule has 0 atom stereocenters. The van der Waals surface area contributed by atoms with Gasteiger partial charge in [0.25, 0.3) is 5.56 Å². The topological polar surface area (TPSA) is 32.9 Å². The summed E-state index contributed by atoms with van der Waals surface area (Å²) in [6.45, 7) is 13.8. The van der Waals surface area contributed by atoms with E-state index in [1.54, 1.807) is 6.08 Å². The highest BCUT2D eigenvalue weighted by Gasteiger charge is 2.21. The number of benzene rings is 1. The highest BCUT2D eigenvalue weighted by atomic mass is 16.1. The first-order chi connectivity index (χ1) is 11.2. The lowest BCUT2D eigenvalue weighted by Crippen LogP contribution is -2.10. The van der Waals surface area contributed by atoms with E-state index in [1.807, 2.05) is 64.1 Å². The monoisotopic (exact) mass is 309 g/mol. The minimum atomic E-state index is -0.0199. The summed E-state index contributed by atoms with van der Waals surface area (Å²) in [5.74, 6) is 0. The van der Waals surface area contributed by atoms with Crippen LogP contribution >= 0.6 is 0 Å². The van der Waals surface area contributed by atoms with E-state index < -0.39 is 0 Å². The molecule has 0 saturated heterocycles. The Hall–Kier alpha value is -2.35. The van der Waals surface area contributed by atoms with Gasteiger partial charge in [-0.15, -0.1) is 0 Å². The van der Waals surface area contributed by atoms with Crippen LogP contribution in [0.5, 0.6) is 0 Å². The van der Waals surface area contributed by atoms with Gasteiger partial charge in [-0.3, -0.25) is 4.79 Å². The molecule has 122 valence electrons. The van der Waals surface area contributed by atoms with Crippen molar-refractivity contribution in [3.63, 3.8) is 0 Å². The van der Waals surface area contributed by atoms with Gasteiger partial charge in [0.1, 0.15) is 0 Å². The summed E-state index contributed by atoms with van der Waals surface area (Å²) in [6, 6.07) is 7.78. The number of aromatic amines is 1. The molecule has 1 heterocycles. The average molecular weight is 309 g/mol. The van der Waals surface area contributed by atoms with Gasteiger partial charge in [-0.25, -0.2) is 0 Å². The largest absolute Gasteiger partial charge is 0.321 e. The second-order valence-corrected chi connectivity index (χ2v) is 4.82. The number of allylic oxidation sites excluding steroid dienone is 5. The van der Waals surface area contributed by atoms with E-state index >= 15 is 0 Å². The molecule has 2 heteroatoms. The van der Waals surface area contributed by atoms with E-state index in [0.717, 1.165) is 28.5 Å². The SMILES string of the molecule is C=C/C=C\C1=C(C)Cc2c1[nH]c(=O)c1ccccc21.CC.CC. The molecule has 0 unspecified atom stereocenters. The summed E-state index contributed by atoms with van der Waals surface area (Å²) in [7, 11) is 0. The Kier molecular flexibility index (Phi) is 7.27. The van der Waals surface area contributed by atoms with E-state index in [9.17, 15) is 4.79 Å². The summed E-state index contributed by atoms with van der Waals surface area (Å²) in [6.07, 6.45) is 6.56. The molecular formula is C21H27NO. The quantitative estimate of drug-likeness (QED) is 0.714. The molecule has 0 aliphatic heterocycles. The van der Waals surface area contributed by atoms with Crippen molar-refractivity contribution in [2.45, 2.75) is 41.0 Å². The molecule has 2 aromatic rings. The molecule has 0 spiro atoms. The number of nitrogens with one attached hydrogen (secondary N) is 1. The summed E-state index contributed by atoms with van der Waals surface area (Å²) >= 11 is 0. The van der Waals surface area contributed by atoms with Crippen LogP contribution in [0, 0.1) is 0 Å². The maximum Gasteiger partial charge on any atom is 0.256 e. The Bertz CT molecular complexity index is 791. The third-order valence-corrected chi connectivity index (χ3v) is 3.61. The van der Waals surface area contributed by atoms with Crippen molar-refractivity contribution in [2.24, 2.45) is 0 Å². The molecule has 0 saturated carbocycles. The molecule has 23 heavy (non-hydrogen) atoms. The Morgan fingerprint density at radius 3 is 2.30 bits per heavy atom. The van der Waals surface area contributed by atoms with E-state index in [1.165, 1.54) is 11.1 Å². The van der Waals surface area contributed by atoms with E-state index in [2.05, 4.69) is 18.5 Å². The van der Waals surface area contributed by atoms with Crippen LogP contribution in [0.25, 0.3) is 16.3 Å². The van der Waals surface area contributed by atoms with Gasteiger partial charge >= 0.3 is 0 Å². The average Bonchev–Trinajstić information content (AvgIpc) is 2.92. The number of hydrogen-bond acceptors (Lipinski definition) is 1. The van der Waals surface area contributed by atoms with Crippen LogP contribution in [-0.2, 0) is 6.42 Å². The molecule has 0 amide bonds. The van der Waals surface area contributed by atoms with E-state index in [0.29, 0.717) is 0 Å². The Morgan fingerprint density at radius 2 is 1.70 bits per heavy atom. The lowest BCUT2D eigenvalue weighted by Gasteiger charge is -2.06. The molecule has 2 nitrogen and oxygen atoms in total. The molecule has 0 fully saturated rings. The lowest BCUT2D eigenvalue weighted by molar-refractivity contribution is 1.16. The van der Waals surface area contributed by atoms with Gasteiger partial charge < -0.3 is 4.98 Å². The van der Waals surface area contributed by atoms with Crippen molar-refractivity contribution in [3.05, 3.63) is 76.3 Å². The zero-order chi connectivity index (χ0) is 17.4. The third kappa shape index (κ3) is 3.70. The first-order valence-corrected chi connectivity index (χ1v) is 8.35. The fraction of sp³-hybridized carbons (Fsp3) is 0.286. The third-order valence-electron chi connectivity index (χ3n) is 3.61. The predicted octanol–water partition coefficient (Wildman–Crippen LogP) is 5.65. The van der Waals surface area contributed by atoms with Gasteiger partial charge in [-0.05, 0) is 35.9 Å². The summed E-state index contributed by atoms with van der Waals surface area (Å²) in [5, 5.41) is 1.82. The van der Waals surface area contributed by atoms with Gasteiger partial charge in [0.15, 0.2) is 0 Å². The number of rotatable bonds is 2. The fourth-order valence-corrected chi connectivity index (χ4v) is 2.71. The van der Waals surface area contributed by atoms with Gasteiger partial charge in [0, 0.05) is 5.39 Å². The van der Waals surface area contributed by atoms with Crippen molar-refractivity contribution in [3.8, 4) is 0 Å². The number of H-pyrrole nitrogens is 1. The number of hydrogen-bond donors (Lipinski definition) is 1. The molecule has 1 aliphatic rings. The van der Waals surface area contributed by atoms with E-state index in [-0.39, 0.29) is 5.56 Å². The summed E-state index contributed by atoms with van der Waals surface area (Å²) in [4.78, 5) is 15.2. The Balaban J connectivity index is 0.000000615. The highest BCUT2D eigenvalue weighted by Crippen LogP contribution is 2.35. The van der Waals surface area contributed by atoms with Crippen molar-refractivity contribution >= 4 is 16.3 Å². The first-order valence-electron chi connectivity index (χ1n) is 8.35. The standard InChI is InChI=1S/C17H15NO.2C2H6/c1-3-4-7-12-11(2)10-15-13-8-5-6-9-14(13)17(19)18-16(12)15;2*1-2/h3-9H,1,10H2,2H3,(H,18,19);2*1-2H3/b7-4-;;. The van der Waals surface area contributed by atoms with Gasteiger partial charge in [0.2, 0.25) is 0 Å². The normalized spacial score (nSPS) is 12.4. The van der Waals surface area contributed by atoms with Crippen LogP contribution in [0.1, 0.15) is 45.9 Å². The van der Waals surface area contributed by atoms with Crippen LogP contribution < -0.4 is 5.56 Å². The summed E-state index contributed by atoms with van der Waals surface area (Å²) in [5.41, 5.74) is 4.54. The molecule has 1 aromatic heterocycles. The fourth-order valence-electron chi connectivity index (χ4n) is 2.71. The molecule has 1 aliphatic carbocycles. The van der Waals surface area contributed by atoms with Crippen LogP contribution in [0.2, 0.25) is 0 Å². The molecule has 1 aromatic carbocycles. The van der Waals surface area contributed by atoms with E-state index in [4.69, 9.17) is 0 Å².